The van der Waals surface area contributed by atoms with Crippen molar-refractivity contribution >= 4 is 29.0 Å². The van der Waals surface area contributed by atoms with Crippen molar-refractivity contribution in [1.82, 2.24) is 9.80 Å². The first kappa shape index (κ1) is 17.8. The Morgan fingerprint density at radius 1 is 0.815 bits per heavy atom. The third-order valence-electron chi connectivity index (χ3n) is 5.16. The number of carbonyl (C=O) groups is 2. The molecule has 0 saturated carbocycles. The number of carbonyl (C=O) groups excluding carboxylic acids is 2. The highest BCUT2D eigenvalue weighted by molar-refractivity contribution is 6.35. The van der Waals surface area contributed by atoms with E-state index in [1.165, 1.54) is 4.90 Å². The van der Waals surface area contributed by atoms with Crippen molar-refractivity contribution in [3.63, 3.8) is 0 Å². The molecule has 2 aliphatic heterocycles. The number of benzene rings is 2. The first-order valence-corrected chi connectivity index (χ1v) is 9.69. The molecule has 2 aromatic carbocycles. The number of imide groups is 1. The molecule has 0 aromatic heterocycles. The average molecular weight is 381 g/mol. The number of nitrogens with zero attached hydrogens (tertiary/aromatic N) is 2. The molecule has 138 valence electrons. The maximum absolute atomic E-state index is 13.3. The van der Waals surface area contributed by atoms with Crippen LogP contribution in [0.15, 0.2) is 60.3 Å². The Kier molecular flexibility index (Phi) is 4.99. The SMILES string of the molecule is O=C1C(c2ccccc2)=C(N2CCCCC2)C(=O)N1Cc1ccccc1Cl. The maximum atomic E-state index is 13.3. The van der Waals surface area contributed by atoms with Crippen molar-refractivity contribution in [2.24, 2.45) is 0 Å². The van der Waals surface area contributed by atoms with Crippen LogP contribution in [0.5, 0.6) is 0 Å². The lowest BCUT2D eigenvalue weighted by Crippen LogP contribution is -2.36. The molecule has 0 N–H and O–H groups in total. The van der Waals surface area contributed by atoms with Crippen LogP contribution in [0, 0.1) is 0 Å². The van der Waals surface area contributed by atoms with Gasteiger partial charge in [0.05, 0.1) is 12.1 Å². The number of hydrogen-bond acceptors (Lipinski definition) is 3. The van der Waals surface area contributed by atoms with Crippen LogP contribution in [0.3, 0.4) is 0 Å². The summed E-state index contributed by atoms with van der Waals surface area (Å²) < 4.78 is 0. The smallest absolute Gasteiger partial charge is 0.278 e. The van der Waals surface area contributed by atoms with E-state index in [9.17, 15) is 9.59 Å². The van der Waals surface area contributed by atoms with Gasteiger partial charge in [-0.1, -0.05) is 60.1 Å². The Bertz CT molecular complexity index is 902. The van der Waals surface area contributed by atoms with Gasteiger partial charge in [0.2, 0.25) is 0 Å². The summed E-state index contributed by atoms with van der Waals surface area (Å²) in [6.07, 6.45) is 3.24. The van der Waals surface area contributed by atoms with E-state index in [0.717, 1.165) is 43.5 Å². The van der Waals surface area contributed by atoms with Gasteiger partial charge in [0.25, 0.3) is 11.8 Å². The van der Waals surface area contributed by atoms with Crippen molar-refractivity contribution in [2.75, 3.05) is 13.1 Å². The number of likely N-dealkylation sites (tertiary alicyclic amines) is 1. The quantitative estimate of drug-likeness (QED) is 0.749. The Balaban J connectivity index is 1.74. The molecule has 1 saturated heterocycles. The lowest BCUT2D eigenvalue weighted by atomic mass is 10.0. The van der Waals surface area contributed by atoms with E-state index in [4.69, 9.17) is 11.6 Å². The van der Waals surface area contributed by atoms with Crippen LogP contribution in [-0.2, 0) is 16.1 Å². The highest BCUT2D eigenvalue weighted by Crippen LogP contribution is 2.34. The van der Waals surface area contributed by atoms with E-state index in [1.54, 1.807) is 6.07 Å². The number of rotatable bonds is 4. The Morgan fingerprint density at radius 3 is 2.19 bits per heavy atom. The highest BCUT2D eigenvalue weighted by atomic mass is 35.5. The summed E-state index contributed by atoms with van der Waals surface area (Å²) >= 11 is 6.26. The molecule has 2 aromatic rings. The Hall–Kier alpha value is -2.59. The van der Waals surface area contributed by atoms with Gasteiger partial charge in [-0.05, 0) is 36.5 Å². The van der Waals surface area contributed by atoms with Crippen molar-refractivity contribution < 1.29 is 9.59 Å². The molecule has 4 rings (SSSR count). The van der Waals surface area contributed by atoms with E-state index in [2.05, 4.69) is 4.90 Å². The molecule has 0 unspecified atom stereocenters. The van der Waals surface area contributed by atoms with Crippen LogP contribution in [0.4, 0.5) is 0 Å². The van der Waals surface area contributed by atoms with Gasteiger partial charge in [0, 0.05) is 18.1 Å². The Labute approximate surface area is 164 Å². The zero-order valence-electron chi connectivity index (χ0n) is 15.0. The second-order valence-corrected chi connectivity index (χ2v) is 7.33. The van der Waals surface area contributed by atoms with E-state index in [-0.39, 0.29) is 18.4 Å². The third-order valence-corrected chi connectivity index (χ3v) is 5.53. The zero-order valence-corrected chi connectivity index (χ0v) is 15.8. The van der Waals surface area contributed by atoms with E-state index in [0.29, 0.717) is 16.3 Å². The van der Waals surface area contributed by atoms with Gasteiger partial charge in [0.15, 0.2) is 0 Å². The molecule has 1 fully saturated rings. The molecular formula is C22H21ClN2O2. The van der Waals surface area contributed by atoms with Crippen LogP contribution in [0.2, 0.25) is 5.02 Å². The van der Waals surface area contributed by atoms with Crippen LogP contribution in [0.25, 0.3) is 5.57 Å². The summed E-state index contributed by atoms with van der Waals surface area (Å²) in [4.78, 5) is 29.9. The normalized spacial score (nSPS) is 17.8. The number of halogens is 1. The zero-order chi connectivity index (χ0) is 18.8. The van der Waals surface area contributed by atoms with Gasteiger partial charge in [0.1, 0.15) is 5.70 Å². The van der Waals surface area contributed by atoms with E-state index < -0.39 is 0 Å². The van der Waals surface area contributed by atoms with Crippen molar-refractivity contribution in [1.29, 1.82) is 0 Å². The summed E-state index contributed by atoms with van der Waals surface area (Å²) in [5, 5.41) is 0.561. The van der Waals surface area contributed by atoms with Crippen molar-refractivity contribution in [2.45, 2.75) is 25.8 Å². The van der Waals surface area contributed by atoms with Crippen LogP contribution in [-0.4, -0.2) is 34.7 Å². The minimum Gasteiger partial charge on any atom is -0.366 e. The van der Waals surface area contributed by atoms with Gasteiger partial charge in [-0.3, -0.25) is 14.5 Å². The summed E-state index contributed by atoms with van der Waals surface area (Å²) in [6.45, 7) is 1.81. The standard InChI is InChI=1S/C22H21ClN2O2/c23-18-12-6-5-11-17(18)15-25-21(26)19(16-9-3-1-4-10-16)20(22(25)27)24-13-7-2-8-14-24/h1,3-6,9-12H,2,7-8,13-15H2. The van der Waals surface area contributed by atoms with Gasteiger partial charge in [-0.25, -0.2) is 0 Å². The summed E-state index contributed by atoms with van der Waals surface area (Å²) in [5.41, 5.74) is 2.61. The van der Waals surface area contributed by atoms with Gasteiger partial charge >= 0.3 is 0 Å². The van der Waals surface area contributed by atoms with Gasteiger partial charge in [-0.15, -0.1) is 0 Å². The molecule has 0 atom stereocenters. The molecule has 27 heavy (non-hydrogen) atoms. The molecule has 0 radical (unpaired) electrons. The van der Waals surface area contributed by atoms with Crippen LogP contribution in [0.1, 0.15) is 30.4 Å². The fourth-order valence-electron chi connectivity index (χ4n) is 3.78. The predicted molar refractivity (Wildman–Crippen MR) is 106 cm³/mol. The molecular weight excluding hydrogens is 360 g/mol. The van der Waals surface area contributed by atoms with Crippen molar-refractivity contribution in [3.05, 3.63) is 76.4 Å². The molecule has 4 nitrogen and oxygen atoms in total. The number of amides is 2. The Morgan fingerprint density at radius 2 is 1.48 bits per heavy atom. The predicted octanol–water partition coefficient (Wildman–Crippen LogP) is 4.11. The first-order chi connectivity index (χ1) is 13.2. The average Bonchev–Trinajstić information content (AvgIpc) is 2.95. The summed E-state index contributed by atoms with van der Waals surface area (Å²) in [7, 11) is 0. The second-order valence-electron chi connectivity index (χ2n) is 6.93. The monoisotopic (exact) mass is 380 g/mol. The summed E-state index contributed by atoms with van der Waals surface area (Å²) in [6, 6.07) is 16.8. The topological polar surface area (TPSA) is 40.6 Å². The number of hydrogen-bond donors (Lipinski definition) is 0. The lowest BCUT2D eigenvalue weighted by molar-refractivity contribution is -0.138. The molecule has 2 amide bonds. The van der Waals surface area contributed by atoms with E-state index in [1.807, 2.05) is 48.5 Å². The molecule has 5 heteroatoms. The maximum Gasteiger partial charge on any atom is 0.278 e. The molecule has 0 spiro atoms. The highest BCUT2D eigenvalue weighted by Gasteiger charge is 2.41. The minimum atomic E-state index is -0.244. The summed E-state index contributed by atoms with van der Waals surface area (Å²) in [5.74, 6) is -0.465. The van der Waals surface area contributed by atoms with Crippen LogP contribution < -0.4 is 0 Å². The number of piperidine rings is 1. The lowest BCUT2D eigenvalue weighted by Gasteiger charge is -2.29. The minimum absolute atomic E-state index is 0.186. The fraction of sp³-hybridized carbons (Fsp3) is 0.273. The molecule has 0 aliphatic carbocycles. The van der Waals surface area contributed by atoms with Gasteiger partial charge in [-0.2, -0.15) is 0 Å². The van der Waals surface area contributed by atoms with Crippen molar-refractivity contribution in [3.8, 4) is 0 Å². The first-order valence-electron chi connectivity index (χ1n) is 9.31. The molecule has 2 heterocycles. The molecule has 0 bridgehead atoms. The molecule has 2 aliphatic rings. The fourth-order valence-corrected chi connectivity index (χ4v) is 3.98. The largest absolute Gasteiger partial charge is 0.366 e. The second kappa shape index (κ2) is 7.57. The van der Waals surface area contributed by atoms with E-state index >= 15 is 0 Å². The van der Waals surface area contributed by atoms with Crippen LogP contribution >= 0.6 is 11.6 Å². The van der Waals surface area contributed by atoms with Gasteiger partial charge < -0.3 is 4.90 Å². The third kappa shape index (κ3) is 3.37.